The van der Waals surface area contributed by atoms with Crippen LogP contribution in [0.5, 0.6) is 0 Å². The largest absolute Gasteiger partial charge is 0.805 e. The van der Waals surface area contributed by atoms with Crippen LogP contribution in [0.4, 0.5) is 14.5 Å². The molecule has 1 amide bonds. The molecule has 1 fully saturated rings. The maximum Gasteiger partial charge on any atom is 0.346 e. The third-order valence-electron chi connectivity index (χ3n) is 5.20. The molecule has 1 aromatic heterocycles. The van der Waals surface area contributed by atoms with Crippen LogP contribution in [0.3, 0.4) is 0 Å². The van der Waals surface area contributed by atoms with Crippen LogP contribution in [-0.4, -0.2) is 41.7 Å². The first-order valence-electron chi connectivity index (χ1n) is 9.12. The van der Waals surface area contributed by atoms with Gasteiger partial charge in [0.05, 0.1) is 16.2 Å². The van der Waals surface area contributed by atoms with Crippen molar-refractivity contribution in [3.05, 3.63) is 75.6 Å². The van der Waals surface area contributed by atoms with Gasteiger partial charge in [-0.25, -0.2) is 8.78 Å². The fourth-order valence-electron chi connectivity index (χ4n) is 3.59. The van der Waals surface area contributed by atoms with E-state index in [1.807, 2.05) is 30.3 Å². The molecule has 2 heterocycles. The zero-order valence-corrected chi connectivity index (χ0v) is 15.6. The molecule has 0 spiro atoms. The van der Waals surface area contributed by atoms with Crippen molar-refractivity contribution in [1.29, 1.82) is 0 Å². The Labute approximate surface area is 164 Å². The number of hydrogen-bond acceptors (Lipinski definition) is 4. The molecule has 29 heavy (non-hydrogen) atoms. The van der Waals surface area contributed by atoms with Gasteiger partial charge in [0.25, 0.3) is 5.52 Å². The molecule has 0 bridgehead atoms. The number of carbonyl (C=O) groups excluding carboxylic acids is 1. The van der Waals surface area contributed by atoms with Crippen molar-refractivity contribution in [1.82, 2.24) is 9.63 Å². The highest BCUT2D eigenvalue weighted by molar-refractivity contribution is 5.93. The maximum atomic E-state index is 13.6. The number of fused-ring (bicyclic) bond motifs is 1. The fraction of sp³-hybridized carbons (Fsp3) is 0.250. The Balaban J connectivity index is 1.66. The molecule has 0 N–H and O–H groups in total. The number of anilines is 1. The average molecular weight is 400 g/mol. The van der Waals surface area contributed by atoms with Gasteiger partial charge in [-0.1, -0.05) is 18.2 Å². The molecule has 0 aliphatic carbocycles. The van der Waals surface area contributed by atoms with E-state index in [1.54, 1.807) is 0 Å². The van der Waals surface area contributed by atoms with Crippen LogP contribution in [0.1, 0.15) is 16.2 Å². The van der Waals surface area contributed by atoms with E-state index >= 15 is 0 Å². The Morgan fingerprint density at radius 3 is 2.31 bits per heavy atom. The normalized spacial score (nSPS) is 14.4. The van der Waals surface area contributed by atoms with Crippen molar-refractivity contribution in [3.63, 3.8) is 0 Å². The standard InChI is InChI=1S/C20H18F2N4O3/c1-13-19(26(29)18-12-16(22)15(21)11-17(18)25(13)28)20(27)24-9-7-23(8-10-24)14-5-3-2-4-6-14/h2-6,11-12H,7-10H2,1H3. The van der Waals surface area contributed by atoms with Gasteiger partial charge in [0, 0.05) is 42.8 Å². The van der Waals surface area contributed by atoms with E-state index in [0.717, 1.165) is 5.69 Å². The lowest BCUT2D eigenvalue weighted by Gasteiger charge is -2.35. The summed E-state index contributed by atoms with van der Waals surface area (Å²) >= 11 is 0. The molecule has 1 aliphatic heterocycles. The van der Waals surface area contributed by atoms with Crippen molar-refractivity contribution in [2.75, 3.05) is 31.1 Å². The minimum absolute atomic E-state index is 0.158. The van der Waals surface area contributed by atoms with E-state index in [9.17, 15) is 23.7 Å². The molecular formula is C20H18F2N4O3. The number of aromatic nitrogens is 2. The third kappa shape index (κ3) is 3.18. The van der Waals surface area contributed by atoms with E-state index in [-0.39, 0.29) is 21.3 Å². The summed E-state index contributed by atoms with van der Waals surface area (Å²) in [6.07, 6.45) is 0. The zero-order valence-electron chi connectivity index (χ0n) is 15.6. The molecule has 3 aromatic rings. The Morgan fingerprint density at radius 1 is 1.03 bits per heavy atom. The molecule has 1 saturated heterocycles. The van der Waals surface area contributed by atoms with Crippen molar-refractivity contribution in [2.24, 2.45) is 0 Å². The van der Waals surface area contributed by atoms with E-state index < -0.39 is 23.1 Å². The summed E-state index contributed by atoms with van der Waals surface area (Å²) < 4.78 is 27.6. The molecule has 0 unspecified atom stereocenters. The number of amides is 1. The number of hydrogen-bond donors (Lipinski definition) is 0. The summed E-state index contributed by atoms with van der Waals surface area (Å²) in [6, 6.07) is 11.0. The first kappa shape index (κ1) is 18.9. The smallest absolute Gasteiger partial charge is 0.346 e. The fourth-order valence-corrected chi connectivity index (χ4v) is 3.59. The number of carbonyl (C=O) groups is 1. The minimum Gasteiger partial charge on any atom is -0.805 e. The quantitative estimate of drug-likeness (QED) is 0.620. The SMILES string of the molecule is Cc1c(C(=O)N2CCN(c3ccccc3)CC2)[n+](=O)c2cc(F)c(F)cc2n1[O-]. The summed E-state index contributed by atoms with van der Waals surface area (Å²) in [5.41, 5.74) is -0.228. The predicted octanol–water partition coefficient (Wildman–Crippen LogP) is 2.45. The Hall–Kier alpha value is -3.49. The van der Waals surface area contributed by atoms with Crippen molar-refractivity contribution in [2.45, 2.75) is 6.92 Å². The second kappa shape index (κ2) is 7.16. The zero-order chi connectivity index (χ0) is 20.7. The lowest BCUT2D eigenvalue weighted by atomic mass is 10.2. The molecule has 0 atom stereocenters. The van der Waals surface area contributed by atoms with Crippen LogP contribution in [0.2, 0.25) is 0 Å². The molecule has 2 aromatic carbocycles. The number of piperazine rings is 1. The van der Waals surface area contributed by atoms with E-state index in [4.69, 9.17) is 0 Å². The van der Waals surface area contributed by atoms with Crippen molar-refractivity contribution < 1.29 is 18.0 Å². The maximum absolute atomic E-state index is 13.6. The van der Waals surface area contributed by atoms with Crippen LogP contribution in [0.15, 0.2) is 42.5 Å². The average Bonchev–Trinajstić information content (AvgIpc) is 2.74. The minimum atomic E-state index is -1.26. The van der Waals surface area contributed by atoms with Gasteiger partial charge in [0.15, 0.2) is 11.6 Å². The topological polar surface area (TPSA) is 74.5 Å². The summed E-state index contributed by atoms with van der Waals surface area (Å²) in [5, 5.41) is 12.5. The van der Waals surface area contributed by atoms with Crippen molar-refractivity contribution >= 4 is 22.6 Å². The second-order valence-electron chi connectivity index (χ2n) is 6.89. The highest BCUT2D eigenvalue weighted by Crippen LogP contribution is 2.20. The van der Waals surface area contributed by atoms with E-state index in [1.165, 1.54) is 11.8 Å². The molecule has 0 radical (unpaired) electrons. The van der Waals surface area contributed by atoms with Gasteiger partial charge < -0.3 is 19.7 Å². The van der Waals surface area contributed by atoms with Crippen LogP contribution in [0, 0.1) is 28.7 Å². The molecule has 150 valence electrons. The van der Waals surface area contributed by atoms with Gasteiger partial charge in [0.1, 0.15) is 5.52 Å². The second-order valence-corrected chi connectivity index (χ2v) is 6.89. The third-order valence-corrected chi connectivity index (χ3v) is 5.20. The van der Waals surface area contributed by atoms with Crippen molar-refractivity contribution in [3.8, 4) is 0 Å². The monoisotopic (exact) mass is 400 g/mol. The Morgan fingerprint density at radius 2 is 1.66 bits per heavy atom. The summed E-state index contributed by atoms with van der Waals surface area (Å²) in [7, 11) is 0. The number of nitrogens with zero attached hydrogens (tertiary/aromatic N) is 4. The van der Waals surface area contributed by atoms with Gasteiger partial charge in [-0.2, -0.15) is 0 Å². The lowest BCUT2D eigenvalue weighted by Crippen LogP contribution is -2.50. The van der Waals surface area contributed by atoms with Crippen LogP contribution < -0.4 is 9.33 Å². The van der Waals surface area contributed by atoms with Crippen LogP contribution >= 0.6 is 0 Å². The number of halogens is 2. The molecule has 4 rings (SSSR count). The van der Waals surface area contributed by atoms with E-state index in [0.29, 0.717) is 43.0 Å². The van der Waals surface area contributed by atoms with E-state index in [2.05, 4.69) is 4.90 Å². The van der Waals surface area contributed by atoms with Crippen LogP contribution in [0.25, 0.3) is 11.0 Å². The van der Waals surface area contributed by atoms with Gasteiger partial charge in [-0.15, -0.1) is 0 Å². The molecule has 1 aliphatic rings. The summed E-state index contributed by atoms with van der Waals surface area (Å²) in [6.45, 7) is 3.18. The summed E-state index contributed by atoms with van der Waals surface area (Å²) in [4.78, 5) is 29.4. The summed E-state index contributed by atoms with van der Waals surface area (Å²) in [5.74, 6) is -3.11. The van der Waals surface area contributed by atoms with Crippen LogP contribution in [-0.2, 0) is 0 Å². The van der Waals surface area contributed by atoms with Gasteiger partial charge in [0.2, 0.25) is 0 Å². The highest BCUT2D eigenvalue weighted by Gasteiger charge is 2.33. The van der Waals surface area contributed by atoms with Gasteiger partial charge in [-0.05, 0) is 19.1 Å². The molecular weight excluding hydrogens is 382 g/mol. The Bertz CT molecular complexity index is 1160. The first-order chi connectivity index (χ1) is 13.9. The number of rotatable bonds is 2. The highest BCUT2D eigenvalue weighted by atomic mass is 19.2. The van der Waals surface area contributed by atoms with Gasteiger partial charge in [-0.3, -0.25) is 4.79 Å². The Kier molecular flexibility index (Phi) is 4.65. The number of benzene rings is 2. The number of para-hydroxylation sites is 1. The molecule has 7 nitrogen and oxygen atoms in total. The van der Waals surface area contributed by atoms with Gasteiger partial charge >= 0.3 is 11.6 Å². The molecule has 9 heteroatoms. The first-order valence-corrected chi connectivity index (χ1v) is 9.12. The molecule has 0 saturated carbocycles. The predicted molar refractivity (Wildman–Crippen MR) is 103 cm³/mol. The lowest BCUT2D eigenvalue weighted by molar-refractivity contribution is -0.469.